The van der Waals surface area contributed by atoms with Crippen LogP contribution in [0, 0.1) is 5.92 Å². The quantitative estimate of drug-likeness (QED) is 0.372. The smallest absolute Gasteiger partial charge is 0.233 e. The van der Waals surface area contributed by atoms with E-state index in [2.05, 4.69) is 45.6 Å². The number of carbonyl (C=O) groups excluding carboxylic acids is 1. The Kier molecular flexibility index (Phi) is 8.74. The highest BCUT2D eigenvalue weighted by Crippen LogP contribution is 2.28. The Bertz CT molecular complexity index is 1130. The predicted molar refractivity (Wildman–Crippen MR) is 143 cm³/mol. The first kappa shape index (κ1) is 25.9. The minimum Gasteiger partial charge on any atom is -0.497 e. The first-order valence-corrected chi connectivity index (χ1v) is 13.4. The van der Waals surface area contributed by atoms with Crippen LogP contribution in [0.5, 0.6) is 11.5 Å². The number of carbonyl (C=O) groups is 1. The molecule has 4 rings (SSSR count). The van der Waals surface area contributed by atoms with Crippen LogP contribution in [-0.4, -0.2) is 64.6 Å². The van der Waals surface area contributed by atoms with Gasteiger partial charge in [0.05, 0.1) is 12.9 Å². The molecule has 8 nitrogen and oxygen atoms in total. The largest absolute Gasteiger partial charge is 0.497 e. The Balaban J connectivity index is 1.37. The van der Waals surface area contributed by atoms with Crippen LogP contribution in [0.4, 0.5) is 5.69 Å². The van der Waals surface area contributed by atoms with Crippen LogP contribution < -0.4 is 14.4 Å². The molecule has 1 unspecified atom stereocenters. The fraction of sp³-hybridized carbons (Fsp3) is 0.444. The Labute approximate surface area is 217 Å². The lowest BCUT2D eigenvalue weighted by atomic mass is 10.2. The molecular weight excluding hydrogens is 474 g/mol. The maximum Gasteiger partial charge on any atom is 0.233 e. The molecule has 0 aliphatic carbocycles. The van der Waals surface area contributed by atoms with Gasteiger partial charge in [0.2, 0.25) is 5.91 Å². The van der Waals surface area contributed by atoms with Gasteiger partial charge in [-0.05, 0) is 37.1 Å². The zero-order valence-corrected chi connectivity index (χ0v) is 22.3. The average Bonchev–Trinajstić information content (AvgIpc) is 3.29. The van der Waals surface area contributed by atoms with Gasteiger partial charge in [0.1, 0.15) is 11.5 Å². The summed E-state index contributed by atoms with van der Waals surface area (Å²) in [6.45, 7) is 10.2. The molecule has 0 spiro atoms. The number of ether oxygens (including phenoxy) is 2. The summed E-state index contributed by atoms with van der Waals surface area (Å²) < 4.78 is 13.5. The van der Waals surface area contributed by atoms with Gasteiger partial charge in [-0.25, -0.2) is 0 Å². The highest BCUT2D eigenvalue weighted by molar-refractivity contribution is 7.99. The number of hydrogen-bond donors (Lipinski definition) is 0. The molecule has 0 bridgehead atoms. The van der Waals surface area contributed by atoms with Crippen molar-refractivity contribution in [1.82, 2.24) is 19.7 Å². The summed E-state index contributed by atoms with van der Waals surface area (Å²) in [5.41, 5.74) is 1.21. The lowest BCUT2D eigenvalue weighted by Crippen LogP contribution is -2.49. The minimum absolute atomic E-state index is 0.133. The van der Waals surface area contributed by atoms with E-state index in [1.165, 1.54) is 17.4 Å². The fourth-order valence-corrected chi connectivity index (χ4v) is 5.10. The Morgan fingerprint density at radius 3 is 2.39 bits per heavy atom. The molecule has 9 heteroatoms. The zero-order chi connectivity index (χ0) is 25.5. The summed E-state index contributed by atoms with van der Waals surface area (Å²) in [6.07, 6.45) is -0.306. The summed E-state index contributed by atoms with van der Waals surface area (Å²) in [5, 5.41) is 9.62. The summed E-state index contributed by atoms with van der Waals surface area (Å²) in [5.74, 6) is 3.06. The molecule has 2 heterocycles. The van der Waals surface area contributed by atoms with Gasteiger partial charge < -0.3 is 23.8 Å². The third-order valence-corrected chi connectivity index (χ3v) is 7.04. The van der Waals surface area contributed by atoms with Gasteiger partial charge in [-0.15, -0.1) is 10.2 Å². The molecule has 2 aromatic carbocycles. The van der Waals surface area contributed by atoms with Crippen molar-refractivity contribution in [1.29, 1.82) is 0 Å². The van der Waals surface area contributed by atoms with Gasteiger partial charge >= 0.3 is 0 Å². The van der Waals surface area contributed by atoms with Crippen LogP contribution in [0.2, 0.25) is 0 Å². The van der Waals surface area contributed by atoms with E-state index >= 15 is 0 Å². The minimum atomic E-state index is -0.306. The first-order valence-electron chi connectivity index (χ1n) is 12.4. The molecular formula is C27H35N5O3S. The number of hydrogen-bond acceptors (Lipinski definition) is 7. The van der Waals surface area contributed by atoms with Crippen molar-refractivity contribution < 1.29 is 14.3 Å². The number of anilines is 1. The van der Waals surface area contributed by atoms with Crippen LogP contribution in [0.25, 0.3) is 0 Å². The molecule has 192 valence electrons. The molecule has 3 aromatic rings. The maximum atomic E-state index is 13.0. The Morgan fingerprint density at radius 1 is 0.972 bits per heavy atom. The molecule has 1 aromatic heterocycles. The molecule has 1 fully saturated rings. The first-order chi connectivity index (χ1) is 17.4. The van der Waals surface area contributed by atoms with E-state index in [4.69, 9.17) is 9.47 Å². The second kappa shape index (κ2) is 12.2. The number of methoxy groups -OCH3 is 1. The topological polar surface area (TPSA) is 72.7 Å². The fourth-order valence-electron chi connectivity index (χ4n) is 4.25. The van der Waals surface area contributed by atoms with Gasteiger partial charge in [0, 0.05) is 44.5 Å². The number of nitrogens with zero attached hydrogens (tertiary/aromatic N) is 5. The van der Waals surface area contributed by atoms with Gasteiger partial charge in [-0.3, -0.25) is 4.79 Å². The highest BCUT2D eigenvalue weighted by atomic mass is 32.2. The van der Waals surface area contributed by atoms with E-state index in [-0.39, 0.29) is 12.0 Å². The number of amides is 1. The van der Waals surface area contributed by atoms with Crippen LogP contribution in [0.15, 0.2) is 59.8 Å². The molecule has 0 radical (unpaired) electrons. The number of rotatable bonds is 10. The normalized spacial score (nSPS) is 14.7. The van der Waals surface area contributed by atoms with Crippen molar-refractivity contribution in [3.8, 4) is 11.5 Å². The van der Waals surface area contributed by atoms with E-state index in [1.54, 1.807) is 7.11 Å². The molecule has 1 saturated heterocycles. The number of para-hydroxylation sites is 1. The molecule has 36 heavy (non-hydrogen) atoms. The second-order valence-corrected chi connectivity index (χ2v) is 10.2. The summed E-state index contributed by atoms with van der Waals surface area (Å²) in [4.78, 5) is 17.3. The third-order valence-electron chi connectivity index (χ3n) is 6.09. The molecule has 0 saturated carbocycles. The molecule has 1 amide bonds. The van der Waals surface area contributed by atoms with E-state index < -0.39 is 0 Å². The SMILES string of the molecule is COc1cccc(OC(C)c2nnc(SCC(=O)N3CCN(c4ccccc4)CC3)n2CC(C)C)c1. The van der Waals surface area contributed by atoms with E-state index in [1.807, 2.05) is 54.3 Å². The van der Waals surface area contributed by atoms with E-state index in [9.17, 15) is 4.79 Å². The van der Waals surface area contributed by atoms with Crippen LogP contribution in [0.3, 0.4) is 0 Å². The maximum absolute atomic E-state index is 13.0. The monoisotopic (exact) mass is 509 g/mol. The summed E-state index contributed by atoms with van der Waals surface area (Å²) in [6, 6.07) is 17.9. The summed E-state index contributed by atoms with van der Waals surface area (Å²) in [7, 11) is 1.63. The lowest BCUT2D eigenvalue weighted by molar-refractivity contribution is -0.128. The number of thioether (sulfide) groups is 1. The van der Waals surface area contributed by atoms with Crippen molar-refractivity contribution in [2.75, 3.05) is 43.9 Å². The van der Waals surface area contributed by atoms with Gasteiger partial charge in [0.15, 0.2) is 17.1 Å². The van der Waals surface area contributed by atoms with Crippen molar-refractivity contribution in [2.45, 2.75) is 38.6 Å². The second-order valence-electron chi connectivity index (χ2n) is 9.28. The number of piperazine rings is 1. The van der Waals surface area contributed by atoms with Gasteiger partial charge in [-0.2, -0.15) is 0 Å². The van der Waals surface area contributed by atoms with Crippen molar-refractivity contribution in [3.05, 3.63) is 60.4 Å². The Morgan fingerprint density at radius 2 is 1.69 bits per heavy atom. The van der Waals surface area contributed by atoms with Gasteiger partial charge in [0.25, 0.3) is 0 Å². The van der Waals surface area contributed by atoms with Crippen molar-refractivity contribution >= 4 is 23.4 Å². The highest BCUT2D eigenvalue weighted by Gasteiger charge is 2.24. The van der Waals surface area contributed by atoms with Crippen LogP contribution >= 0.6 is 11.8 Å². The molecule has 1 aliphatic rings. The van der Waals surface area contributed by atoms with E-state index in [0.29, 0.717) is 17.4 Å². The van der Waals surface area contributed by atoms with Crippen LogP contribution in [-0.2, 0) is 11.3 Å². The van der Waals surface area contributed by atoms with E-state index in [0.717, 1.165) is 49.5 Å². The number of benzene rings is 2. The molecule has 1 aliphatic heterocycles. The third kappa shape index (κ3) is 6.51. The van der Waals surface area contributed by atoms with Crippen molar-refractivity contribution in [3.63, 3.8) is 0 Å². The van der Waals surface area contributed by atoms with Crippen LogP contribution in [0.1, 0.15) is 32.7 Å². The Hall–Kier alpha value is -3.20. The zero-order valence-electron chi connectivity index (χ0n) is 21.5. The molecule has 0 N–H and O–H groups in total. The summed E-state index contributed by atoms with van der Waals surface area (Å²) >= 11 is 1.45. The number of aromatic nitrogens is 3. The predicted octanol–water partition coefficient (Wildman–Crippen LogP) is 4.52. The average molecular weight is 510 g/mol. The lowest BCUT2D eigenvalue weighted by Gasteiger charge is -2.36. The van der Waals surface area contributed by atoms with Gasteiger partial charge in [-0.1, -0.05) is 49.9 Å². The molecule has 1 atom stereocenters. The van der Waals surface area contributed by atoms with Crippen molar-refractivity contribution in [2.24, 2.45) is 5.92 Å². The standard InChI is InChI=1S/C27H35N5O3S/c1-20(2)18-32-26(21(3)35-24-12-8-11-23(17-24)34-4)28-29-27(32)36-19-25(33)31-15-13-30(14-16-31)22-9-6-5-7-10-22/h5-12,17,20-21H,13-16,18-19H2,1-4H3.